The van der Waals surface area contributed by atoms with Gasteiger partial charge in [-0.2, -0.15) is 9.97 Å². The maximum Gasteiger partial charge on any atom is 0.238 e. The molecule has 0 bridgehead atoms. The molecule has 10 rings (SSSR count). The molecule has 0 saturated carbocycles. The van der Waals surface area contributed by atoms with E-state index in [0.717, 1.165) is 66.3 Å². The van der Waals surface area contributed by atoms with Gasteiger partial charge in [-0.1, -0.05) is 182 Å². The molecule has 8 aromatic carbocycles. The highest BCUT2D eigenvalue weighted by Crippen LogP contribution is 2.41. The van der Waals surface area contributed by atoms with Crippen molar-refractivity contribution in [3.63, 3.8) is 0 Å². The topological polar surface area (TPSA) is 43.6 Å². The van der Waals surface area contributed by atoms with Gasteiger partial charge in [-0.25, -0.2) is 4.98 Å². The second-order valence-electron chi connectivity index (χ2n) is 13.6. The molecule has 0 aliphatic rings. The van der Waals surface area contributed by atoms with Crippen molar-refractivity contribution in [3.05, 3.63) is 206 Å². The molecule has 258 valence electrons. The highest BCUT2D eigenvalue weighted by Gasteiger charge is 2.21. The van der Waals surface area contributed by atoms with Crippen molar-refractivity contribution in [2.75, 3.05) is 0 Å². The van der Waals surface area contributed by atoms with E-state index in [-0.39, 0.29) is 0 Å². The van der Waals surface area contributed by atoms with Crippen molar-refractivity contribution in [1.29, 1.82) is 0 Å². The van der Waals surface area contributed by atoms with E-state index in [4.69, 9.17) is 15.0 Å². The molecule has 4 heteroatoms. The van der Waals surface area contributed by atoms with E-state index in [2.05, 4.69) is 180 Å². The van der Waals surface area contributed by atoms with Crippen LogP contribution in [0.4, 0.5) is 0 Å². The molecule has 0 spiro atoms. The van der Waals surface area contributed by atoms with Crippen LogP contribution in [0.1, 0.15) is 0 Å². The summed E-state index contributed by atoms with van der Waals surface area (Å²) in [5.74, 6) is 1.80. The molecule has 4 nitrogen and oxygen atoms in total. The van der Waals surface area contributed by atoms with E-state index in [9.17, 15) is 0 Å². The standard InChI is InChI=1S/C51H34N4/c1-5-17-35(18-6-1)39-25-15-26-40(33-39)41-31-32-46-45(34-41)48-43(37-21-9-3-10-22-37)29-16-30-47(48)55(46)51-53-49(38-23-11-4-12-24-38)52-50(54-51)44-28-14-13-27-42(44)36-19-7-2-8-20-36/h1-34H. The normalized spacial score (nSPS) is 11.3. The van der Waals surface area contributed by atoms with E-state index in [1.54, 1.807) is 0 Å². The number of benzene rings is 8. The molecule has 2 aromatic heterocycles. The van der Waals surface area contributed by atoms with Crippen molar-refractivity contribution in [1.82, 2.24) is 19.5 Å². The van der Waals surface area contributed by atoms with Gasteiger partial charge in [-0.3, -0.25) is 4.57 Å². The zero-order chi connectivity index (χ0) is 36.6. The average Bonchev–Trinajstić information content (AvgIpc) is 3.61. The average molecular weight is 703 g/mol. The quantitative estimate of drug-likeness (QED) is 0.166. The molecule has 0 aliphatic carbocycles. The Kier molecular flexibility index (Phi) is 8.12. The fourth-order valence-electron chi connectivity index (χ4n) is 7.68. The summed E-state index contributed by atoms with van der Waals surface area (Å²) in [4.78, 5) is 15.7. The van der Waals surface area contributed by atoms with Crippen LogP contribution in [0.25, 0.3) is 95.0 Å². The van der Waals surface area contributed by atoms with Crippen molar-refractivity contribution in [3.8, 4) is 73.2 Å². The highest BCUT2D eigenvalue weighted by molar-refractivity contribution is 6.16. The molecule has 0 fully saturated rings. The van der Waals surface area contributed by atoms with Crippen LogP contribution >= 0.6 is 0 Å². The minimum absolute atomic E-state index is 0.566. The highest BCUT2D eigenvalue weighted by atomic mass is 15.2. The number of fused-ring (bicyclic) bond motifs is 3. The Morgan fingerprint density at radius 3 is 1.47 bits per heavy atom. The van der Waals surface area contributed by atoms with Crippen LogP contribution in [0.2, 0.25) is 0 Å². The first-order chi connectivity index (χ1) is 27.3. The van der Waals surface area contributed by atoms with Gasteiger partial charge in [-0.15, -0.1) is 0 Å². The lowest BCUT2D eigenvalue weighted by Crippen LogP contribution is -2.06. The van der Waals surface area contributed by atoms with Gasteiger partial charge in [0.25, 0.3) is 0 Å². The minimum atomic E-state index is 0.566. The van der Waals surface area contributed by atoms with Crippen LogP contribution in [0.3, 0.4) is 0 Å². The smallest absolute Gasteiger partial charge is 0.238 e. The molecular weight excluding hydrogens is 669 g/mol. The molecule has 2 heterocycles. The lowest BCUT2D eigenvalue weighted by Gasteiger charge is -2.13. The SMILES string of the molecule is c1ccc(-c2cccc(-c3ccc4c(c3)c3c(-c5ccccc5)cccc3n4-c3nc(-c4ccccc4)nc(-c4ccccc4-c4ccccc4)n3)c2)cc1. The Morgan fingerprint density at radius 2 is 0.782 bits per heavy atom. The van der Waals surface area contributed by atoms with E-state index in [1.165, 1.54) is 11.1 Å². The zero-order valence-electron chi connectivity index (χ0n) is 29.9. The fraction of sp³-hybridized carbons (Fsp3) is 0. The van der Waals surface area contributed by atoms with Crippen molar-refractivity contribution < 1.29 is 0 Å². The summed E-state index contributed by atoms with van der Waals surface area (Å²) in [6.45, 7) is 0. The molecule has 0 unspecified atom stereocenters. The van der Waals surface area contributed by atoms with Crippen LogP contribution < -0.4 is 0 Å². The van der Waals surface area contributed by atoms with Gasteiger partial charge in [-0.05, 0) is 68.8 Å². The number of nitrogens with zero attached hydrogens (tertiary/aromatic N) is 4. The lowest BCUT2D eigenvalue weighted by molar-refractivity contribution is 0.954. The molecular formula is C51H34N4. The fourth-order valence-corrected chi connectivity index (χ4v) is 7.68. The van der Waals surface area contributed by atoms with Crippen LogP contribution in [0, 0.1) is 0 Å². The Balaban J connectivity index is 1.24. The van der Waals surface area contributed by atoms with Crippen molar-refractivity contribution in [2.45, 2.75) is 0 Å². The number of hydrogen-bond acceptors (Lipinski definition) is 3. The van der Waals surface area contributed by atoms with E-state index in [1.807, 2.05) is 30.3 Å². The summed E-state index contributed by atoms with van der Waals surface area (Å²) >= 11 is 0. The van der Waals surface area contributed by atoms with E-state index >= 15 is 0 Å². The molecule has 0 radical (unpaired) electrons. The molecule has 55 heavy (non-hydrogen) atoms. The molecule has 0 atom stereocenters. The van der Waals surface area contributed by atoms with Gasteiger partial charge in [0.1, 0.15) is 0 Å². The third-order valence-electron chi connectivity index (χ3n) is 10.3. The van der Waals surface area contributed by atoms with Crippen molar-refractivity contribution in [2.24, 2.45) is 0 Å². The van der Waals surface area contributed by atoms with Crippen LogP contribution in [-0.4, -0.2) is 19.5 Å². The van der Waals surface area contributed by atoms with Crippen LogP contribution in [-0.2, 0) is 0 Å². The molecule has 0 amide bonds. The van der Waals surface area contributed by atoms with Gasteiger partial charge in [0.05, 0.1) is 11.0 Å². The first-order valence-electron chi connectivity index (χ1n) is 18.5. The summed E-state index contributed by atoms with van der Waals surface area (Å²) in [5, 5.41) is 2.28. The summed E-state index contributed by atoms with van der Waals surface area (Å²) in [6, 6.07) is 72.2. The summed E-state index contributed by atoms with van der Waals surface area (Å²) in [5.41, 5.74) is 13.1. The zero-order valence-corrected chi connectivity index (χ0v) is 29.9. The molecule has 0 aliphatic heterocycles. The third-order valence-corrected chi connectivity index (χ3v) is 10.3. The second kappa shape index (κ2) is 13.8. The minimum Gasteiger partial charge on any atom is -0.278 e. The first kappa shape index (κ1) is 32.2. The summed E-state index contributed by atoms with van der Waals surface area (Å²) in [6.07, 6.45) is 0. The van der Waals surface area contributed by atoms with E-state index in [0.29, 0.717) is 17.6 Å². The van der Waals surface area contributed by atoms with E-state index < -0.39 is 0 Å². The molecule has 10 aromatic rings. The summed E-state index contributed by atoms with van der Waals surface area (Å²) < 4.78 is 2.21. The maximum absolute atomic E-state index is 5.33. The Bertz CT molecular complexity index is 2950. The number of aromatic nitrogens is 4. The lowest BCUT2D eigenvalue weighted by atomic mass is 9.96. The second-order valence-corrected chi connectivity index (χ2v) is 13.6. The number of hydrogen-bond donors (Lipinski definition) is 0. The molecule has 0 N–H and O–H groups in total. The predicted molar refractivity (Wildman–Crippen MR) is 227 cm³/mol. The predicted octanol–water partition coefficient (Wildman–Crippen LogP) is 13.0. The van der Waals surface area contributed by atoms with Crippen molar-refractivity contribution >= 4 is 21.8 Å². The van der Waals surface area contributed by atoms with Crippen LogP contribution in [0.5, 0.6) is 0 Å². The first-order valence-corrected chi connectivity index (χ1v) is 18.5. The van der Waals surface area contributed by atoms with Gasteiger partial charge in [0, 0.05) is 21.9 Å². The van der Waals surface area contributed by atoms with Gasteiger partial charge in [0.15, 0.2) is 11.6 Å². The number of rotatable bonds is 7. The Hall–Kier alpha value is -7.43. The van der Waals surface area contributed by atoms with Gasteiger partial charge >= 0.3 is 0 Å². The third kappa shape index (κ3) is 5.96. The van der Waals surface area contributed by atoms with Gasteiger partial charge in [0.2, 0.25) is 5.95 Å². The van der Waals surface area contributed by atoms with Gasteiger partial charge < -0.3 is 0 Å². The molecule has 0 saturated heterocycles. The largest absolute Gasteiger partial charge is 0.278 e. The Morgan fingerprint density at radius 1 is 0.291 bits per heavy atom. The maximum atomic E-state index is 5.33. The summed E-state index contributed by atoms with van der Waals surface area (Å²) in [7, 11) is 0. The Labute approximate surface area is 319 Å². The monoisotopic (exact) mass is 702 g/mol. The van der Waals surface area contributed by atoms with Crippen LogP contribution in [0.15, 0.2) is 206 Å².